The highest BCUT2D eigenvalue weighted by Gasteiger charge is 2.47. The first-order chi connectivity index (χ1) is 14.8. The molecule has 1 fully saturated rings. The number of pyridine rings is 1. The molecular weight excluding hydrogens is 406 g/mol. The first-order valence-electron chi connectivity index (χ1n) is 10.5. The Morgan fingerprint density at radius 1 is 1.29 bits per heavy atom. The Bertz CT molecular complexity index is 1010. The van der Waals surface area contributed by atoms with Crippen molar-refractivity contribution < 1.29 is 18.3 Å². The van der Waals surface area contributed by atoms with Gasteiger partial charge in [-0.15, -0.1) is 0 Å². The highest BCUT2D eigenvalue weighted by Crippen LogP contribution is 2.40. The van der Waals surface area contributed by atoms with E-state index in [1.54, 1.807) is 12.3 Å². The summed E-state index contributed by atoms with van der Waals surface area (Å²) in [4.78, 5) is 29.9. The van der Waals surface area contributed by atoms with Crippen molar-refractivity contribution in [3.8, 4) is 5.88 Å². The van der Waals surface area contributed by atoms with Crippen LogP contribution in [0.3, 0.4) is 0 Å². The molecule has 1 atom stereocenters. The van der Waals surface area contributed by atoms with Crippen molar-refractivity contribution in [1.82, 2.24) is 15.0 Å². The van der Waals surface area contributed by atoms with Crippen LogP contribution in [0.1, 0.15) is 37.4 Å². The molecule has 1 saturated carbocycles. The summed E-state index contributed by atoms with van der Waals surface area (Å²) in [5, 5.41) is 3.23. The zero-order valence-corrected chi connectivity index (χ0v) is 17.4. The van der Waals surface area contributed by atoms with Crippen LogP contribution < -0.4 is 19.9 Å². The van der Waals surface area contributed by atoms with Crippen LogP contribution in [0, 0.1) is 0 Å². The molecule has 8 nitrogen and oxygen atoms in total. The van der Waals surface area contributed by atoms with Gasteiger partial charge in [-0.1, -0.05) is 6.07 Å². The molecule has 3 aliphatic rings. The molecule has 2 aliphatic heterocycles. The maximum Gasteiger partial charge on any atom is 0.255 e. The van der Waals surface area contributed by atoms with Crippen molar-refractivity contribution >= 4 is 23.4 Å². The van der Waals surface area contributed by atoms with Crippen LogP contribution >= 0.6 is 0 Å². The van der Waals surface area contributed by atoms with Crippen molar-refractivity contribution in [2.24, 2.45) is 0 Å². The van der Waals surface area contributed by atoms with Gasteiger partial charge in [0.25, 0.3) is 5.92 Å². The molecule has 10 heteroatoms. The zero-order chi connectivity index (χ0) is 21.8. The molecule has 0 saturated heterocycles. The monoisotopic (exact) mass is 430 g/mol. The fourth-order valence-corrected chi connectivity index (χ4v) is 4.20. The minimum Gasteiger partial charge on any atom is -0.474 e. The van der Waals surface area contributed by atoms with Gasteiger partial charge in [0.2, 0.25) is 17.7 Å². The topological polar surface area (TPSA) is 83.5 Å². The number of anilines is 3. The smallest absolute Gasteiger partial charge is 0.255 e. The van der Waals surface area contributed by atoms with Gasteiger partial charge in [-0.05, 0) is 25.3 Å². The first-order valence-corrected chi connectivity index (χ1v) is 10.5. The standard InChI is InChI=1S/C21H24F2N6O2/c1-12-19(30)29-7-3-4-15-17(29)18(28(12)2)27-20(26-15)25-11-13-5-6-16(24-10-13)31-14-8-21(22,23)9-14/h5-6,10,12,14H,3-4,7-9,11H2,1-2H3,(H,25,26,27). The molecule has 2 aromatic rings. The second kappa shape index (κ2) is 7.28. The van der Waals surface area contributed by atoms with Crippen LogP contribution in [0.25, 0.3) is 0 Å². The number of nitrogens with zero attached hydrogens (tertiary/aromatic N) is 5. The quantitative estimate of drug-likeness (QED) is 0.781. The molecule has 1 N–H and O–H groups in total. The molecule has 0 spiro atoms. The van der Waals surface area contributed by atoms with Gasteiger partial charge in [0.1, 0.15) is 17.8 Å². The van der Waals surface area contributed by atoms with Crippen molar-refractivity contribution in [2.45, 2.75) is 57.2 Å². The highest BCUT2D eigenvalue weighted by atomic mass is 19.3. The van der Waals surface area contributed by atoms with E-state index in [4.69, 9.17) is 4.74 Å². The lowest BCUT2D eigenvalue weighted by molar-refractivity contribution is -0.135. The Morgan fingerprint density at radius 2 is 2.10 bits per heavy atom. The second-order valence-electron chi connectivity index (χ2n) is 8.41. The molecule has 1 aliphatic carbocycles. The number of hydrogen-bond donors (Lipinski definition) is 1. The minimum atomic E-state index is -2.61. The molecule has 1 amide bonds. The average Bonchev–Trinajstić information content (AvgIpc) is 2.74. The summed E-state index contributed by atoms with van der Waals surface area (Å²) >= 11 is 0. The minimum absolute atomic E-state index is 0.0827. The number of carbonyl (C=O) groups excluding carboxylic acids is 1. The van der Waals surface area contributed by atoms with Crippen LogP contribution in [-0.4, -0.2) is 52.5 Å². The van der Waals surface area contributed by atoms with Crippen LogP contribution in [0.15, 0.2) is 18.3 Å². The van der Waals surface area contributed by atoms with Gasteiger partial charge in [0.15, 0.2) is 5.82 Å². The van der Waals surface area contributed by atoms with E-state index >= 15 is 0 Å². The van der Waals surface area contributed by atoms with Gasteiger partial charge >= 0.3 is 0 Å². The van der Waals surface area contributed by atoms with Crippen molar-refractivity contribution in [3.05, 3.63) is 29.6 Å². The van der Waals surface area contributed by atoms with Crippen LogP contribution in [0.5, 0.6) is 5.88 Å². The average molecular weight is 430 g/mol. The lowest BCUT2D eigenvalue weighted by Crippen LogP contribution is -2.53. The molecule has 2 aromatic heterocycles. The Kier molecular flexibility index (Phi) is 4.67. The maximum absolute atomic E-state index is 12.9. The largest absolute Gasteiger partial charge is 0.474 e. The number of nitrogens with one attached hydrogen (secondary N) is 1. The number of carbonyl (C=O) groups is 1. The van der Waals surface area contributed by atoms with E-state index in [1.807, 2.05) is 29.8 Å². The molecule has 4 heterocycles. The Labute approximate surface area is 178 Å². The number of ether oxygens (including phenoxy) is 1. The Morgan fingerprint density at radius 3 is 2.81 bits per heavy atom. The molecular formula is C21H24F2N6O2. The molecule has 31 heavy (non-hydrogen) atoms. The molecule has 164 valence electrons. The number of aryl methyl sites for hydroxylation is 1. The summed E-state index contributed by atoms with van der Waals surface area (Å²) in [6.45, 7) is 3.04. The van der Waals surface area contributed by atoms with Gasteiger partial charge in [-0.2, -0.15) is 4.98 Å². The lowest BCUT2D eigenvalue weighted by atomic mass is 9.91. The first kappa shape index (κ1) is 19.9. The third-order valence-corrected chi connectivity index (χ3v) is 6.13. The number of amides is 1. The summed E-state index contributed by atoms with van der Waals surface area (Å²) in [6, 6.07) is 3.25. The van der Waals surface area contributed by atoms with Gasteiger partial charge in [0, 0.05) is 45.2 Å². The summed E-state index contributed by atoms with van der Waals surface area (Å²) in [5.41, 5.74) is 2.59. The van der Waals surface area contributed by atoms with E-state index in [0.29, 0.717) is 24.9 Å². The van der Waals surface area contributed by atoms with Crippen molar-refractivity contribution in [3.63, 3.8) is 0 Å². The number of aromatic nitrogens is 3. The Balaban J connectivity index is 1.28. The number of halogens is 2. The summed E-state index contributed by atoms with van der Waals surface area (Å²) in [7, 11) is 1.88. The lowest BCUT2D eigenvalue weighted by Gasteiger charge is -2.41. The maximum atomic E-state index is 12.9. The van der Waals surface area contributed by atoms with Crippen molar-refractivity contribution in [1.29, 1.82) is 0 Å². The molecule has 1 unspecified atom stereocenters. The number of hydrogen-bond acceptors (Lipinski definition) is 7. The summed E-state index contributed by atoms with van der Waals surface area (Å²) < 4.78 is 31.3. The molecule has 0 bridgehead atoms. The SMILES string of the molecule is CC1C(=O)N2CCCc3nc(NCc4ccc(OC5CC(F)(F)C5)nc4)nc(c32)N1C. The van der Waals surface area contributed by atoms with Crippen LogP contribution in [-0.2, 0) is 17.8 Å². The fraction of sp³-hybridized carbons (Fsp3) is 0.524. The fourth-order valence-electron chi connectivity index (χ4n) is 4.20. The van der Waals surface area contributed by atoms with Crippen molar-refractivity contribution in [2.75, 3.05) is 28.7 Å². The van der Waals surface area contributed by atoms with Crippen LogP contribution in [0.2, 0.25) is 0 Å². The number of likely N-dealkylation sites (N-methyl/N-ethyl adjacent to an activating group) is 1. The van der Waals surface area contributed by atoms with Gasteiger partial charge in [-0.25, -0.2) is 18.7 Å². The third kappa shape index (κ3) is 3.64. The zero-order valence-electron chi connectivity index (χ0n) is 17.4. The van der Waals surface area contributed by atoms with E-state index in [1.165, 1.54) is 0 Å². The third-order valence-electron chi connectivity index (χ3n) is 6.13. The molecule has 5 rings (SSSR count). The van der Waals surface area contributed by atoms with E-state index < -0.39 is 12.0 Å². The second-order valence-corrected chi connectivity index (χ2v) is 8.41. The van der Waals surface area contributed by atoms with E-state index in [2.05, 4.69) is 20.3 Å². The van der Waals surface area contributed by atoms with E-state index in [0.717, 1.165) is 35.6 Å². The predicted molar refractivity (Wildman–Crippen MR) is 111 cm³/mol. The van der Waals surface area contributed by atoms with Crippen LogP contribution in [0.4, 0.5) is 26.2 Å². The van der Waals surface area contributed by atoms with Gasteiger partial charge in [-0.3, -0.25) is 4.79 Å². The van der Waals surface area contributed by atoms with Gasteiger partial charge in [0.05, 0.1) is 5.69 Å². The molecule has 0 aromatic carbocycles. The van der Waals surface area contributed by atoms with E-state index in [9.17, 15) is 13.6 Å². The summed E-state index contributed by atoms with van der Waals surface area (Å²) in [6.07, 6.45) is 2.34. The van der Waals surface area contributed by atoms with Gasteiger partial charge < -0.3 is 19.9 Å². The highest BCUT2D eigenvalue weighted by molar-refractivity contribution is 6.05. The normalized spacial score (nSPS) is 22.1. The molecule has 0 radical (unpaired) electrons. The number of alkyl halides is 2. The predicted octanol–water partition coefficient (Wildman–Crippen LogP) is 2.78. The Hall–Kier alpha value is -3.04. The summed E-state index contributed by atoms with van der Waals surface area (Å²) in [5.74, 6) is -0.920. The van der Waals surface area contributed by atoms with E-state index in [-0.39, 0.29) is 24.8 Å². The number of rotatable bonds is 5.